The van der Waals surface area contributed by atoms with Crippen LogP contribution in [0.3, 0.4) is 0 Å². The molecule has 1 unspecified atom stereocenters. The molecule has 0 saturated heterocycles. The molecule has 0 spiro atoms. The molecule has 0 aromatic carbocycles. The van der Waals surface area contributed by atoms with Crippen molar-refractivity contribution in [3.05, 3.63) is 0 Å². The molecule has 0 aromatic heterocycles. The van der Waals surface area contributed by atoms with Gasteiger partial charge in [0.05, 0.1) is 0 Å². The Morgan fingerprint density at radius 3 is 2.50 bits per heavy atom. The van der Waals surface area contributed by atoms with Crippen LogP contribution < -0.4 is 0 Å². The third-order valence-corrected chi connectivity index (χ3v) is 4.91. The lowest BCUT2D eigenvalue weighted by Crippen LogP contribution is -2.41. The molecule has 2 aliphatic carbocycles. The minimum absolute atomic E-state index is 0.118. The minimum Gasteiger partial charge on any atom is -0.299 e. The highest BCUT2D eigenvalue weighted by Gasteiger charge is 2.45. The molecule has 0 N–H and O–H groups in total. The van der Waals surface area contributed by atoms with Crippen LogP contribution in [0.5, 0.6) is 0 Å². The van der Waals surface area contributed by atoms with Gasteiger partial charge in [0.2, 0.25) is 0 Å². The lowest BCUT2D eigenvalue weighted by atomic mass is 9.59. The zero-order valence-corrected chi connectivity index (χ0v) is 10.8. The lowest BCUT2D eigenvalue weighted by molar-refractivity contribution is -0.136. The average molecular weight is 222 g/mol. The number of hydrogen-bond acceptors (Lipinski definition) is 1. The van der Waals surface area contributed by atoms with Crippen LogP contribution in [-0.4, -0.2) is 5.78 Å². The molecule has 2 fully saturated rings. The Labute approximate surface area is 100.0 Å². The fraction of sp³-hybridized carbons (Fsp3) is 0.933. The Morgan fingerprint density at radius 2 is 1.88 bits per heavy atom. The Hall–Kier alpha value is -0.330. The van der Waals surface area contributed by atoms with Crippen molar-refractivity contribution in [1.29, 1.82) is 0 Å². The number of rotatable bonds is 3. The summed E-state index contributed by atoms with van der Waals surface area (Å²) >= 11 is 0. The van der Waals surface area contributed by atoms with E-state index in [9.17, 15) is 4.79 Å². The molecule has 0 amide bonds. The smallest absolute Gasteiger partial charge is 0.139 e. The molecular weight excluding hydrogens is 196 g/mol. The molecular formula is C15H26O. The summed E-state index contributed by atoms with van der Waals surface area (Å²) in [6.45, 7) is 2.24. The summed E-state index contributed by atoms with van der Waals surface area (Å²) in [6, 6.07) is 0. The first kappa shape index (κ1) is 12.1. The van der Waals surface area contributed by atoms with Crippen LogP contribution in [-0.2, 0) is 4.79 Å². The molecule has 2 aliphatic rings. The normalized spacial score (nSPS) is 32.9. The van der Waals surface area contributed by atoms with E-state index in [1.807, 2.05) is 0 Å². The SMILES string of the molecule is CCCC1(C2CCCCC2)CCCCC1=O. The van der Waals surface area contributed by atoms with Crippen molar-refractivity contribution >= 4 is 5.78 Å². The van der Waals surface area contributed by atoms with Gasteiger partial charge in [0.15, 0.2) is 0 Å². The maximum atomic E-state index is 12.4. The highest BCUT2D eigenvalue weighted by Crippen LogP contribution is 2.49. The van der Waals surface area contributed by atoms with Gasteiger partial charge in [-0.05, 0) is 38.0 Å². The highest BCUT2D eigenvalue weighted by molar-refractivity contribution is 5.85. The van der Waals surface area contributed by atoms with Crippen LogP contribution in [0.2, 0.25) is 0 Å². The second-order valence-electron chi connectivity index (χ2n) is 5.87. The van der Waals surface area contributed by atoms with E-state index in [-0.39, 0.29) is 5.41 Å². The van der Waals surface area contributed by atoms with Gasteiger partial charge in [-0.2, -0.15) is 0 Å². The van der Waals surface area contributed by atoms with E-state index in [4.69, 9.17) is 0 Å². The van der Waals surface area contributed by atoms with Gasteiger partial charge in [-0.25, -0.2) is 0 Å². The van der Waals surface area contributed by atoms with Gasteiger partial charge in [-0.3, -0.25) is 4.79 Å². The topological polar surface area (TPSA) is 17.1 Å². The third-order valence-electron chi connectivity index (χ3n) is 4.91. The predicted octanol–water partition coefficient (Wildman–Crippen LogP) is 4.50. The van der Waals surface area contributed by atoms with Gasteiger partial charge in [0, 0.05) is 11.8 Å². The van der Waals surface area contributed by atoms with E-state index in [0.717, 1.165) is 25.2 Å². The van der Waals surface area contributed by atoms with E-state index in [0.29, 0.717) is 5.78 Å². The summed E-state index contributed by atoms with van der Waals surface area (Å²) in [7, 11) is 0. The molecule has 1 heteroatoms. The predicted molar refractivity (Wildman–Crippen MR) is 67.4 cm³/mol. The molecule has 2 saturated carbocycles. The molecule has 0 radical (unpaired) electrons. The number of Topliss-reactive ketones (excluding diaryl/α,β-unsaturated/α-hetero) is 1. The van der Waals surface area contributed by atoms with Crippen LogP contribution >= 0.6 is 0 Å². The standard InChI is InChI=1S/C15H26O/c1-2-11-15(12-7-6-10-14(15)16)13-8-4-3-5-9-13/h13H,2-12H2,1H3. The fourth-order valence-corrected chi connectivity index (χ4v) is 4.12. The maximum Gasteiger partial charge on any atom is 0.139 e. The van der Waals surface area contributed by atoms with Crippen LogP contribution in [0.15, 0.2) is 0 Å². The number of carbonyl (C=O) groups is 1. The Morgan fingerprint density at radius 1 is 1.12 bits per heavy atom. The van der Waals surface area contributed by atoms with E-state index in [1.165, 1.54) is 51.4 Å². The monoisotopic (exact) mass is 222 g/mol. The second kappa shape index (κ2) is 5.33. The van der Waals surface area contributed by atoms with E-state index in [1.54, 1.807) is 0 Å². The Kier molecular flexibility index (Phi) is 4.05. The molecule has 0 aliphatic heterocycles. The first-order valence-corrected chi connectivity index (χ1v) is 7.33. The van der Waals surface area contributed by atoms with Gasteiger partial charge in [0.25, 0.3) is 0 Å². The molecule has 1 atom stereocenters. The zero-order chi connectivity index (χ0) is 11.4. The van der Waals surface area contributed by atoms with Crippen LogP contribution in [0.4, 0.5) is 0 Å². The van der Waals surface area contributed by atoms with Crippen molar-refractivity contribution in [2.24, 2.45) is 11.3 Å². The number of ketones is 1. The summed E-state index contributed by atoms with van der Waals surface area (Å²) in [5.74, 6) is 1.35. The molecule has 1 nitrogen and oxygen atoms in total. The summed E-state index contributed by atoms with van der Waals surface area (Å²) in [4.78, 5) is 12.4. The summed E-state index contributed by atoms with van der Waals surface area (Å²) in [5.41, 5.74) is 0.118. The lowest BCUT2D eigenvalue weighted by Gasteiger charge is -2.44. The molecule has 2 rings (SSSR count). The van der Waals surface area contributed by atoms with Gasteiger partial charge in [0.1, 0.15) is 5.78 Å². The summed E-state index contributed by atoms with van der Waals surface area (Å²) in [5, 5.41) is 0. The van der Waals surface area contributed by atoms with Crippen LogP contribution in [0.1, 0.15) is 77.6 Å². The van der Waals surface area contributed by atoms with Crippen molar-refractivity contribution in [2.75, 3.05) is 0 Å². The van der Waals surface area contributed by atoms with Crippen LogP contribution in [0.25, 0.3) is 0 Å². The first-order valence-electron chi connectivity index (χ1n) is 7.33. The van der Waals surface area contributed by atoms with Gasteiger partial charge in [-0.1, -0.05) is 39.0 Å². The van der Waals surface area contributed by atoms with E-state index < -0.39 is 0 Å². The highest BCUT2D eigenvalue weighted by atomic mass is 16.1. The maximum absolute atomic E-state index is 12.4. The van der Waals surface area contributed by atoms with E-state index in [2.05, 4.69) is 6.92 Å². The molecule has 92 valence electrons. The third kappa shape index (κ3) is 2.19. The number of carbonyl (C=O) groups excluding carboxylic acids is 1. The van der Waals surface area contributed by atoms with Crippen molar-refractivity contribution in [3.63, 3.8) is 0 Å². The Bertz CT molecular complexity index is 236. The minimum atomic E-state index is 0.118. The number of hydrogen-bond donors (Lipinski definition) is 0. The van der Waals surface area contributed by atoms with E-state index >= 15 is 0 Å². The van der Waals surface area contributed by atoms with Crippen molar-refractivity contribution in [2.45, 2.75) is 77.6 Å². The van der Waals surface area contributed by atoms with Gasteiger partial charge in [-0.15, -0.1) is 0 Å². The van der Waals surface area contributed by atoms with Gasteiger partial charge < -0.3 is 0 Å². The summed E-state index contributed by atoms with van der Waals surface area (Å²) < 4.78 is 0. The average Bonchev–Trinajstić information content (AvgIpc) is 2.34. The Balaban J connectivity index is 2.14. The largest absolute Gasteiger partial charge is 0.299 e. The first-order chi connectivity index (χ1) is 7.79. The van der Waals surface area contributed by atoms with Crippen molar-refractivity contribution in [3.8, 4) is 0 Å². The molecule has 0 bridgehead atoms. The van der Waals surface area contributed by atoms with Crippen molar-refractivity contribution in [1.82, 2.24) is 0 Å². The quantitative estimate of drug-likeness (QED) is 0.687. The molecule has 0 heterocycles. The second-order valence-corrected chi connectivity index (χ2v) is 5.87. The zero-order valence-electron chi connectivity index (χ0n) is 10.8. The van der Waals surface area contributed by atoms with Crippen molar-refractivity contribution < 1.29 is 4.79 Å². The summed E-state index contributed by atoms with van der Waals surface area (Å²) in [6.07, 6.45) is 13.6. The molecule has 16 heavy (non-hydrogen) atoms. The molecule has 0 aromatic rings. The fourth-order valence-electron chi connectivity index (χ4n) is 4.12. The van der Waals surface area contributed by atoms with Gasteiger partial charge >= 0.3 is 0 Å². The van der Waals surface area contributed by atoms with Crippen LogP contribution in [0, 0.1) is 11.3 Å².